The molecule has 0 spiro atoms. The van der Waals surface area contributed by atoms with Gasteiger partial charge in [-0.15, -0.1) is 0 Å². The van der Waals surface area contributed by atoms with Gasteiger partial charge >= 0.3 is 0 Å². The van der Waals surface area contributed by atoms with Crippen LogP contribution in [0.15, 0.2) is 30.5 Å². The highest BCUT2D eigenvalue weighted by molar-refractivity contribution is 6.32. The van der Waals surface area contributed by atoms with E-state index in [1.54, 1.807) is 24.4 Å². The van der Waals surface area contributed by atoms with Crippen molar-refractivity contribution in [3.63, 3.8) is 0 Å². The smallest absolute Gasteiger partial charge is 0.257 e. The second-order valence-corrected chi connectivity index (χ2v) is 5.63. The van der Waals surface area contributed by atoms with Gasteiger partial charge in [0.15, 0.2) is 0 Å². The number of rotatable bonds is 7. The van der Waals surface area contributed by atoms with Gasteiger partial charge in [0.05, 0.1) is 30.5 Å². The van der Waals surface area contributed by atoms with Crippen molar-refractivity contribution in [2.75, 3.05) is 37.5 Å². The molecular weight excluding hydrogens is 342 g/mol. The lowest BCUT2D eigenvalue weighted by Gasteiger charge is -2.19. The number of ether oxygens (including phenoxy) is 2. The number of benzene rings is 1. The molecule has 0 aliphatic carbocycles. The Bertz CT molecular complexity index is 731. The molecule has 0 bridgehead atoms. The first-order valence-electron chi connectivity index (χ1n) is 7.97. The van der Waals surface area contributed by atoms with Crippen molar-refractivity contribution in [2.45, 2.75) is 13.8 Å². The summed E-state index contributed by atoms with van der Waals surface area (Å²) in [6, 6.07) is 6.80. The molecule has 1 aromatic carbocycles. The van der Waals surface area contributed by atoms with Crippen LogP contribution in [0, 0.1) is 0 Å². The Labute approximate surface area is 152 Å². The fourth-order valence-corrected chi connectivity index (χ4v) is 2.64. The Balaban J connectivity index is 2.22. The molecule has 0 unspecified atom stereocenters. The summed E-state index contributed by atoms with van der Waals surface area (Å²) in [7, 11) is 3.02. The lowest BCUT2D eigenvalue weighted by atomic mass is 10.2. The molecule has 0 atom stereocenters. The van der Waals surface area contributed by atoms with Crippen LogP contribution in [-0.4, -0.2) is 38.2 Å². The number of nitrogens with one attached hydrogen (secondary N) is 1. The predicted molar refractivity (Wildman–Crippen MR) is 100 cm³/mol. The fourth-order valence-electron chi connectivity index (χ4n) is 2.41. The van der Waals surface area contributed by atoms with Gasteiger partial charge in [-0.25, -0.2) is 4.98 Å². The molecule has 2 rings (SSSR count). The zero-order valence-electron chi connectivity index (χ0n) is 14.8. The highest BCUT2D eigenvalue weighted by Crippen LogP contribution is 2.36. The summed E-state index contributed by atoms with van der Waals surface area (Å²) in [6.45, 7) is 5.84. The number of anilines is 2. The van der Waals surface area contributed by atoms with Crippen molar-refractivity contribution in [2.24, 2.45) is 0 Å². The SMILES string of the molecule is CCN(CC)c1ccc(C(=O)Nc2cc(OC)c(Cl)cc2OC)cn1. The molecule has 134 valence electrons. The summed E-state index contributed by atoms with van der Waals surface area (Å²) in [5.74, 6) is 1.45. The van der Waals surface area contributed by atoms with Crippen molar-refractivity contribution in [3.8, 4) is 11.5 Å². The first-order chi connectivity index (χ1) is 12.0. The molecule has 0 radical (unpaired) electrons. The molecule has 0 aliphatic heterocycles. The quantitative estimate of drug-likeness (QED) is 0.809. The molecule has 0 saturated carbocycles. The first kappa shape index (κ1) is 18.9. The van der Waals surface area contributed by atoms with Crippen LogP contribution in [0.1, 0.15) is 24.2 Å². The number of hydrogen-bond donors (Lipinski definition) is 1. The minimum Gasteiger partial charge on any atom is -0.495 e. The summed E-state index contributed by atoms with van der Waals surface area (Å²) in [6.07, 6.45) is 1.56. The standard InChI is InChI=1S/C18H22ClN3O3/c1-5-22(6-2)17-8-7-12(11-20-17)18(23)21-14-10-15(24-3)13(19)9-16(14)25-4/h7-11H,5-6H2,1-4H3,(H,21,23). The summed E-state index contributed by atoms with van der Waals surface area (Å²) in [5.41, 5.74) is 0.924. The zero-order chi connectivity index (χ0) is 18.4. The van der Waals surface area contributed by atoms with Crippen molar-refractivity contribution in [3.05, 3.63) is 41.0 Å². The third-order valence-corrected chi connectivity index (χ3v) is 4.11. The molecule has 1 N–H and O–H groups in total. The number of hydrogen-bond acceptors (Lipinski definition) is 5. The minimum atomic E-state index is -0.290. The van der Waals surface area contributed by atoms with E-state index in [9.17, 15) is 4.79 Å². The average Bonchev–Trinajstić information content (AvgIpc) is 2.64. The highest BCUT2D eigenvalue weighted by atomic mass is 35.5. The van der Waals surface area contributed by atoms with Crippen LogP contribution in [0.5, 0.6) is 11.5 Å². The van der Waals surface area contributed by atoms with Crippen LogP contribution in [0.25, 0.3) is 0 Å². The van der Waals surface area contributed by atoms with Gasteiger partial charge < -0.3 is 19.7 Å². The Morgan fingerprint density at radius 2 is 1.84 bits per heavy atom. The molecule has 0 fully saturated rings. The predicted octanol–water partition coefficient (Wildman–Crippen LogP) is 3.85. The Kier molecular flexibility index (Phi) is 6.47. The van der Waals surface area contributed by atoms with Crippen LogP contribution in [-0.2, 0) is 0 Å². The van der Waals surface area contributed by atoms with E-state index < -0.39 is 0 Å². The number of methoxy groups -OCH3 is 2. The van der Waals surface area contributed by atoms with Crippen LogP contribution < -0.4 is 19.7 Å². The van der Waals surface area contributed by atoms with Crippen LogP contribution >= 0.6 is 11.6 Å². The van der Waals surface area contributed by atoms with E-state index in [4.69, 9.17) is 21.1 Å². The van der Waals surface area contributed by atoms with Gasteiger partial charge in [0.25, 0.3) is 5.91 Å². The summed E-state index contributed by atoms with van der Waals surface area (Å²) in [5, 5.41) is 3.21. The largest absolute Gasteiger partial charge is 0.495 e. The average molecular weight is 364 g/mol. The summed E-state index contributed by atoms with van der Waals surface area (Å²) < 4.78 is 10.4. The van der Waals surface area contributed by atoms with Crippen LogP contribution in [0.4, 0.5) is 11.5 Å². The highest BCUT2D eigenvalue weighted by Gasteiger charge is 2.14. The van der Waals surface area contributed by atoms with Gasteiger partial charge in [0.1, 0.15) is 17.3 Å². The molecule has 0 saturated heterocycles. The number of nitrogens with zero attached hydrogens (tertiary/aromatic N) is 2. The summed E-state index contributed by atoms with van der Waals surface area (Å²) in [4.78, 5) is 19.0. The number of carbonyl (C=O) groups is 1. The van der Waals surface area contributed by atoms with Gasteiger partial charge in [-0.05, 0) is 26.0 Å². The maximum atomic E-state index is 12.5. The molecule has 1 amide bonds. The third-order valence-electron chi connectivity index (χ3n) is 3.82. The van der Waals surface area contributed by atoms with E-state index in [1.807, 2.05) is 6.07 Å². The molecule has 1 aromatic heterocycles. The number of amides is 1. The zero-order valence-corrected chi connectivity index (χ0v) is 15.6. The lowest BCUT2D eigenvalue weighted by Crippen LogP contribution is -2.23. The van der Waals surface area contributed by atoms with Crippen LogP contribution in [0.2, 0.25) is 5.02 Å². The minimum absolute atomic E-state index is 0.290. The number of aromatic nitrogens is 1. The van der Waals surface area contributed by atoms with E-state index in [0.717, 1.165) is 18.9 Å². The van der Waals surface area contributed by atoms with E-state index in [1.165, 1.54) is 14.2 Å². The number of carbonyl (C=O) groups excluding carboxylic acids is 1. The fraction of sp³-hybridized carbons (Fsp3) is 0.333. The number of halogens is 1. The normalized spacial score (nSPS) is 10.3. The lowest BCUT2D eigenvalue weighted by molar-refractivity contribution is 0.102. The summed E-state index contributed by atoms with van der Waals surface area (Å²) >= 11 is 6.08. The molecule has 2 aromatic rings. The number of pyridine rings is 1. The van der Waals surface area contributed by atoms with Gasteiger partial charge in [-0.1, -0.05) is 11.6 Å². The van der Waals surface area contributed by atoms with Crippen molar-refractivity contribution < 1.29 is 14.3 Å². The van der Waals surface area contributed by atoms with E-state index in [0.29, 0.717) is 27.8 Å². The molecule has 25 heavy (non-hydrogen) atoms. The third kappa shape index (κ3) is 4.33. The Hall–Kier alpha value is -2.47. The van der Waals surface area contributed by atoms with Crippen LogP contribution in [0.3, 0.4) is 0 Å². The van der Waals surface area contributed by atoms with Gasteiger partial charge in [-0.3, -0.25) is 4.79 Å². The Morgan fingerprint density at radius 3 is 2.36 bits per heavy atom. The Morgan fingerprint density at radius 1 is 1.16 bits per heavy atom. The first-order valence-corrected chi connectivity index (χ1v) is 8.35. The molecule has 0 aliphatic rings. The van der Waals surface area contributed by atoms with E-state index in [-0.39, 0.29) is 5.91 Å². The van der Waals surface area contributed by atoms with Crippen molar-refractivity contribution >= 4 is 29.0 Å². The maximum Gasteiger partial charge on any atom is 0.257 e. The van der Waals surface area contributed by atoms with Crippen molar-refractivity contribution in [1.82, 2.24) is 4.98 Å². The second-order valence-electron chi connectivity index (χ2n) is 5.22. The maximum absolute atomic E-state index is 12.5. The molecular formula is C18H22ClN3O3. The second kappa shape index (κ2) is 8.58. The molecule has 7 heteroatoms. The van der Waals surface area contributed by atoms with E-state index in [2.05, 4.69) is 29.0 Å². The van der Waals surface area contributed by atoms with E-state index >= 15 is 0 Å². The van der Waals surface area contributed by atoms with Gasteiger partial charge in [0.2, 0.25) is 0 Å². The monoisotopic (exact) mass is 363 g/mol. The topological polar surface area (TPSA) is 63.7 Å². The molecule has 6 nitrogen and oxygen atoms in total. The van der Waals surface area contributed by atoms with Gasteiger partial charge in [0, 0.05) is 31.4 Å². The van der Waals surface area contributed by atoms with Crippen molar-refractivity contribution in [1.29, 1.82) is 0 Å². The molecule has 1 heterocycles. The van der Waals surface area contributed by atoms with Gasteiger partial charge in [-0.2, -0.15) is 0 Å².